The van der Waals surface area contributed by atoms with Gasteiger partial charge in [-0.2, -0.15) is 5.26 Å². The number of pyridine rings is 1. The summed E-state index contributed by atoms with van der Waals surface area (Å²) in [6.07, 6.45) is 3.58. The van der Waals surface area contributed by atoms with E-state index in [-0.39, 0.29) is 0 Å². The molecule has 0 saturated heterocycles. The molecule has 0 N–H and O–H groups in total. The quantitative estimate of drug-likeness (QED) is 0.180. The fraction of sp³-hybridized carbons (Fsp3) is 0.0400. The number of hydrogen-bond donors (Lipinski definition) is 0. The normalized spacial score (nSPS) is 11.5. The molecule has 10 rings (SSSR count). The minimum Gasteiger partial charge on any atom is -0.307 e. The van der Waals surface area contributed by atoms with E-state index in [4.69, 9.17) is 0 Å². The Labute approximate surface area is 313 Å². The lowest BCUT2D eigenvalue weighted by molar-refractivity contribution is 1.09. The summed E-state index contributed by atoms with van der Waals surface area (Å²) >= 11 is 0. The molecule has 0 amide bonds. The van der Waals surface area contributed by atoms with Crippen LogP contribution in [-0.2, 0) is 0 Å². The molecule has 0 bridgehead atoms. The number of benzene rings is 7. The number of aryl methyl sites for hydroxylation is 2. The van der Waals surface area contributed by atoms with E-state index in [2.05, 4.69) is 180 Å². The van der Waals surface area contributed by atoms with Crippen molar-refractivity contribution in [2.45, 2.75) is 13.8 Å². The van der Waals surface area contributed by atoms with E-state index in [1.165, 1.54) is 33.0 Å². The van der Waals surface area contributed by atoms with Crippen LogP contribution in [0.2, 0.25) is 0 Å². The first-order valence-corrected chi connectivity index (χ1v) is 18.3. The first-order valence-electron chi connectivity index (χ1n) is 18.3. The highest BCUT2D eigenvalue weighted by molar-refractivity contribution is 6.13. The standard InChI is InChI=1S/C50H34N4/c1-32-9-7-11-35(25-32)37-17-19-42-40-13-3-5-15-45(40)53(47(42)27-37)49-29-39(31-51)44(34-21-23-52-24-22-34)30-50(49)54-46-16-6-4-14-41(46)43-20-18-38(28-48(43)54)36-12-8-10-33(2)26-36/h3-30H,1-2H3. The van der Waals surface area contributed by atoms with Gasteiger partial charge in [-0.15, -0.1) is 0 Å². The third-order valence-corrected chi connectivity index (χ3v) is 10.8. The van der Waals surface area contributed by atoms with Gasteiger partial charge in [-0.3, -0.25) is 4.98 Å². The van der Waals surface area contributed by atoms with Gasteiger partial charge in [0.1, 0.15) is 0 Å². The second-order valence-corrected chi connectivity index (χ2v) is 14.1. The summed E-state index contributed by atoms with van der Waals surface area (Å²) in [6.45, 7) is 4.27. The van der Waals surface area contributed by atoms with Crippen LogP contribution in [0.25, 0.3) is 88.4 Å². The van der Waals surface area contributed by atoms with Gasteiger partial charge in [0.15, 0.2) is 0 Å². The van der Waals surface area contributed by atoms with Crippen LogP contribution in [0.5, 0.6) is 0 Å². The molecule has 3 aromatic heterocycles. The van der Waals surface area contributed by atoms with Crippen LogP contribution in [0.15, 0.2) is 170 Å². The van der Waals surface area contributed by atoms with Crippen LogP contribution >= 0.6 is 0 Å². The van der Waals surface area contributed by atoms with Crippen molar-refractivity contribution >= 4 is 43.6 Å². The fourth-order valence-electron chi connectivity index (χ4n) is 8.27. The molecular weight excluding hydrogens is 657 g/mol. The predicted octanol–water partition coefficient (Wildman–Crippen LogP) is 12.8. The summed E-state index contributed by atoms with van der Waals surface area (Å²) in [4.78, 5) is 4.30. The second kappa shape index (κ2) is 12.5. The van der Waals surface area contributed by atoms with Crippen molar-refractivity contribution in [3.63, 3.8) is 0 Å². The first kappa shape index (κ1) is 31.5. The highest BCUT2D eigenvalue weighted by Gasteiger charge is 2.23. The molecule has 3 heterocycles. The molecule has 7 aromatic carbocycles. The van der Waals surface area contributed by atoms with Crippen LogP contribution in [0.3, 0.4) is 0 Å². The predicted molar refractivity (Wildman–Crippen MR) is 223 cm³/mol. The number of hydrogen-bond acceptors (Lipinski definition) is 2. The van der Waals surface area contributed by atoms with Crippen molar-refractivity contribution in [3.8, 4) is 50.8 Å². The Balaban J connectivity index is 1.36. The maximum atomic E-state index is 10.8. The molecule has 0 aliphatic rings. The molecular formula is C50H34N4. The van der Waals surface area contributed by atoms with Crippen LogP contribution < -0.4 is 0 Å². The van der Waals surface area contributed by atoms with E-state index in [1.54, 1.807) is 12.4 Å². The molecule has 0 aliphatic heterocycles. The molecule has 10 aromatic rings. The fourth-order valence-corrected chi connectivity index (χ4v) is 8.27. The maximum absolute atomic E-state index is 10.8. The lowest BCUT2D eigenvalue weighted by Gasteiger charge is -2.20. The summed E-state index contributed by atoms with van der Waals surface area (Å²) in [7, 11) is 0. The Morgan fingerprint density at radius 1 is 0.426 bits per heavy atom. The summed E-state index contributed by atoms with van der Waals surface area (Å²) < 4.78 is 4.76. The van der Waals surface area contributed by atoms with Crippen molar-refractivity contribution in [3.05, 3.63) is 187 Å². The van der Waals surface area contributed by atoms with Gasteiger partial charge in [-0.05, 0) is 90.2 Å². The molecule has 0 saturated carbocycles. The van der Waals surface area contributed by atoms with Gasteiger partial charge < -0.3 is 9.13 Å². The Morgan fingerprint density at radius 3 is 1.43 bits per heavy atom. The molecule has 0 spiro atoms. The number of rotatable bonds is 5. The minimum atomic E-state index is 0.599. The van der Waals surface area contributed by atoms with E-state index >= 15 is 0 Å². The van der Waals surface area contributed by atoms with Crippen molar-refractivity contribution in [1.29, 1.82) is 5.26 Å². The lowest BCUT2D eigenvalue weighted by atomic mass is 9.98. The van der Waals surface area contributed by atoms with E-state index in [0.717, 1.165) is 66.5 Å². The third-order valence-electron chi connectivity index (χ3n) is 10.8. The largest absolute Gasteiger partial charge is 0.307 e. The van der Waals surface area contributed by atoms with Gasteiger partial charge in [0.25, 0.3) is 0 Å². The van der Waals surface area contributed by atoms with Gasteiger partial charge in [0.05, 0.1) is 45.1 Å². The smallest absolute Gasteiger partial charge is 0.0998 e. The number of nitrogens with zero attached hydrogens (tertiary/aromatic N) is 4. The lowest BCUT2D eigenvalue weighted by Crippen LogP contribution is -2.05. The van der Waals surface area contributed by atoms with Gasteiger partial charge in [0.2, 0.25) is 0 Å². The van der Waals surface area contributed by atoms with Crippen molar-refractivity contribution in [2.75, 3.05) is 0 Å². The van der Waals surface area contributed by atoms with Crippen LogP contribution in [0, 0.1) is 25.2 Å². The topological polar surface area (TPSA) is 46.5 Å². The number of fused-ring (bicyclic) bond motifs is 6. The molecule has 4 nitrogen and oxygen atoms in total. The average molecular weight is 691 g/mol. The van der Waals surface area contributed by atoms with Crippen LogP contribution in [-0.4, -0.2) is 14.1 Å². The zero-order chi connectivity index (χ0) is 36.3. The highest BCUT2D eigenvalue weighted by atomic mass is 15.1. The molecule has 0 unspecified atom stereocenters. The third kappa shape index (κ3) is 5.02. The highest BCUT2D eigenvalue weighted by Crippen LogP contribution is 2.42. The Bertz CT molecular complexity index is 3140. The molecule has 0 aliphatic carbocycles. The molecule has 0 radical (unpaired) electrons. The molecule has 254 valence electrons. The summed E-state index contributed by atoms with van der Waals surface area (Å²) in [5.41, 5.74) is 15.8. The number of nitriles is 1. The second-order valence-electron chi connectivity index (χ2n) is 14.1. The van der Waals surface area contributed by atoms with E-state index in [9.17, 15) is 5.26 Å². The van der Waals surface area contributed by atoms with Crippen LogP contribution in [0.1, 0.15) is 16.7 Å². The van der Waals surface area contributed by atoms with Gasteiger partial charge in [-0.25, -0.2) is 0 Å². The van der Waals surface area contributed by atoms with Gasteiger partial charge >= 0.3 is 0 Å². The zero-order valence-corrected chi connectivity index (χ0v) is 30.0. The van der Waals surface area contributed by atoms with Gasteiger partial charge in [-0.1, -0.05) is 120 Å². The average Bonchev–Trinajstić information content (AvgIpc) is 3.72. The van der Waals surface area contributed by atoms with E-state index in [1.807, 2.05) is 12.1 Å². The first-order chi connectivity index (χ1) is 26.6. The number of aromatic nitrogens is 3. The Morgan fingerprint density at radius 2 is 0.907 bits per heavy atom. The number of para-hydroxylation sites is 2. The van der Waals surface area contributed by atoms with Gasteiger partial charge in [0, 0.05) is 39.5 Å². The van der Waals surface area contributed by atoms with E-state index < -0.39 is 0 Å². The summed E-state index contributed by atoms with van der Waals surface area (Å²) in [5.74, 6) is 0. The Hall–Kier alpha value is -7.22. The summed E-state index contributed by atoms with van der Waals surface area (Å²) in [5, 5.41) is 15.5. The van der Waals surface area contributed by atoms with Crippen molar-refractivity contribution in [1.82, 2.24) is 14.1 Å². The molecule has 4 heteroatoms. The van der Waals surface area contributed by atoms with E-state index in [0.29, 0.717) is 5.56 Å². The molecule has 0 fully saturated rings. The van der Waals surface area contributed by atoms with Crippen molar-refractivity contribution < 1.29 is 0 Å². The van der Waals surface area contributed by atoms with Crippen molar-refractivity contribution in [2.24, 2.45) is 0 Å². The van der Waals surface area contributed by atoms with Crippen LogP contribution in [0.4, 0.5) is 0 Å². The maximum Gasteiger partial charge on any atom is 0.0998 e. The Kier molecular flexibility index (Phi) is 7.28. The SMILES string of the molecule is Cc1cccc(-c2ccc3c4ccccc4n(-c4cc(C#N)c(-c5ccncc5)cc4-n4c5ccccc5c5ccc(-c6cccc(C)c6)cc54)c3c2)c1. The monoisotopic (exact) mass is 690 g/mol. The molecule has 0 atom stereocenters. The zero-order valence-electron chi connectivity index (χ0n) is 30.0. The molecule has 54 heavy (non-hydrogen) atoms. The minimum absolute atomic E-state index is 0.599. The summed E-state index contributed by atoms with van der Waals surface area (Å²) in [6, 6.07) is 59.0.